The molecule has 0 radical (unpaired) electrons. The second kappa shape index (κ2) is 7.22. The van der Waals surface area contributed by atoms with Gasteiger partial charge in [-0.3, -0.25) is 0 Å². The summed E-state index contributed by atoms with van der Waals surface area (Å²) in [6.07, 6.45) is 12.5. The Kier molecular flexibility index (Phi) is 6.16. The predicted octanol–water partition coefficient (Wildman–Crippen LogP) is 7.18. The first-order chi connectivity index (χ1) is 11.3. The van der Waals surface area contributed by atoms with Crippen molar-refractivity contribution >= 4 is 81.0 Å². The molecule has 0 fully saturated rings. The van der Waals surface area contributed by atoms with E-state index in [9.17, 15) is 0 Å². The fraction of sp³-hybridized carbons (Fsp3) is 0.412. The van der Waals surface area contributed by atoms with Gasteiger partial charge in [0.2, 0.25) is 7.59 Å². The van der Waals surface area contributed by atoms with Crippen LogP contribution in [0, 0.1) is 10.8 Å². The molecule has 0 aromatic heterocycles. The predicted molar refractivity (Wildman–Crippen MR) is 113 cm³/mol. The molecular formula is C17H16Cl6N2. The third-order valence-electron chi connectivity index (χ3n) is 4.45. The third kappa shape index (κ3) is 4.48. The summed E-state index contributed by atoms with van der Waals surface area (Å²) in [7, 11) is 0. The van der Waals surface area contributed by atoms with Crippen LogP contribution in [0.2, 0.25) is 0 Å². The van der Waals surface area contributed by atoms with Crippen LogP contribution in [-0.4, -0.2) is 19.0 Å². The highest BCUT2D eigenvalue weighted by atomic mass is 35.6. The Hall–Kier alpha value is 0.0400. The average molecular weight is 461 g/mol. The maximum absolute atomic E-state index is 6.08. The van der Waals surface area contributed by atoms with Gasteiger partial charge >= 0.3 is 0 Å². The van der Waals surface area contributed by atoms with Gasteiger partial charge in [-0.2, -0.15) is 10.2 Å². The number of hydrogen-bond donors (Lipinski definition) is 0. The Balaban J connectivity index is 2.21. The number of hydrogen-bond acceptors (Lipinski definition) is 2. The maximum atomic E-state index is 6.08. The zero-order chi connectivity index (χ0) is 19.1. The van der Waals surface area contributed by atoms with Gasteiger partial charge in [-0.15, -0.1) is 0 Å². The molecule has 0 aliphatic heterocycles. The lowest BCUT2D eigenvalue weighted by molar-refractivity contribution is 0.525. The lowest BCUT2D eigenvalue weighted by Gasteiger charge is -2.36. The van der Waals surface area contributed by atoms with Crippen LogP contribution in [0.3, 0.4) is 0 Å². The molecule has 2 nitrogen and oxygen atoms in total. The molecule has 0 spiro atoms. The molecule has 8 heteroatoms. The van der Waals surface area contributed by atoms with E-state index in [2.05, 4.69) is 10.2 Å². The molecule has 136 valence electrons. The summed E-state index contributed by atoms with van der Waals surface area (Å²) in [5, 5.41) is 8.43. The van der Waals surface area contributed by atoms with Crippen molar-refractivity contribution in [3.05, 3.63) is 48.1 Å². The van der Waals surface area contributed by atoms with E-state index in [1.165, 1.54) is 0 Å². The summed E-state index contributed by atoms with van der Waals surface area (Å²) < 4.78 is -2.89. The molecule has 0 heterocycles. The SMILES string of the molecule is CC1=CC(=NN=C2C=CC(C)(C(Cl)(Cl)Cl)C=C2)C=CC1(C)C(Cl)(Cl)Cl. The molecule has 0 saturated carbocycles. The molecule has 2 aliphatic carbocycles. The summed E-state index contributed by atoms with van der Waals surface area (Å²) >= 11 is 36.2. The minimum absolute atomic E-state index is 0.647. The third-order valence-corrected chi connectivity index (χ3v) is 6.85. The van der Waals surface area contributed by atoms with Crippen LogP contribution in [0.4, 0.5) is 0 Å². The van der Waals surface area contributed by atoms with E-state index in [0.29, 0.717) is 11.4 Å². The van der Waals surface area contributed by atoms with Crippen molar-refractivity contribution < 1.29 is 0 Å². The minimum Gasteiger partial charge on any atom is -0.151 e. The number of allylic oxidation sites excluding steroid dienone is 8. The van der Waals surface area contributed by atoms with E-state index in [0.717, 1.165) is 5.57 Å². The molecule has 0 bridgehead atoms. The number of nitrogens with zero attached hydrogens (tertiary/aromatic N) is 2. The van der Waals surface area contributed by atoms with Crippen LogP contribution in [0.25, 0.3) is 0 Å². The Morgan fingerprint density at radius 3 is 1.68 bits per heavy atom. The molecule has 2 rings (SSSR count). The lowest BCUT2D eigenvalue weighted by Crippen LogP contribution is -2.33. The van der Waals surface area contributed by atoms with Gasteiger partial charge in [0.15, 0.2) is 0 Å². The topological polar surface area (TPSA) is 24.7 Å². The first-order valence-corrected chi connectivity index (χ1v) is 9.61. The molecule has 1 atom stereocenters. The van der Waals surface area contributed by atoms with Gasteiger partial charge in [0.05, 0.1) is 22.3 Å². The van der Waals surface area contributed by atoms with E-state index in [1.54, 1.807) is 30.4 Å². The van der Waals surface area contributed by atoms with Gasteiger partial charge < -0.3 is 0 Å². The van der Waals surface area contributed by atoms with Gasteiger partial charge in [0.1, 0.15) is 0 Å². The van der Waals surface area contributed by atoms with Crippen molar-refractivity contribution in [2.24, 2.45) is 21.0 Å². The van der Waals surface area contributed by atoms with Crippen molar-refractivity contribution in [3.8, 4) is 0 Å². The van der Waals surface area contributed by atoms with E-state index in [4.69, 9.17) is 69.6 Å². The lowest BCUT2D eigenvalue weighted by atomic mass is 9.80. The second-order valence-electron chi connectivity index (χ2n) is 6.36. The minimum atomic E-state index is -1.45. The molecule has 25 heavy (non-hydrogen) atoms. The Morgan fingerprint density at radius 2 is 1.24 bits per heavy atom. The smallest absolute Gasteiger partial charge is 0.151 e. The summed E-state index contributed by atoms with van der Waals surface area (Å²) in [4.78, 5) is 0. The summed E-state index contributed by atoms with van der Waals surface area (Å²) in [5.41, 5.74) is 0.798. The second-order valence-corrected chi connectivity index (χ2v) is 10.9. The monoisotopic (exact) mass is 458 g/mol. The molecule has 0 N–H and O–H groups in total. The molecule has 2 aliphatic rings. The van der Waals surface area contributed by atoms with Crippen molar-refractivity contribution in [3.63, 3.8) is 0 Å². The first-order valence-electron chi connectivity index (χ1n) is 7.34. The Morgan fingerprint density at radius 1 is 0.760 bits per heavy atom. The van der Waals surface area contributed by atoms with Crippen LogP contribution in [0.15, 0.2) is 58.3 Å². The van der Waals surface area contributed by atoms with E-state index in [1.807, 2.05) is 32.9 Å². The number of rotatable bonds is 1. The summed E-state index contributed by atoms with van der Waals surface area (Å²) in [6, 6.07) is 0. The maximum Gasteiger partial charge on any atom is 0.202 e. The standard InChI is InChI=1S/C17H16Cl6N2/c1-11-10-13(6-9-15(11,3)17(21,22)23)25-24-12-4-7-14(2,8-5-12)16(18,19)20/h4-10H,1-3H3. The van der Waals surface area contributed by atoms with Gasteiger partial charge in [0, 0.05) is 0 Å². The molecule has 0 aromatic rings. The summed E-state index contributed by atoms with van der Waals surface area (Å²) in [5.74, 6) is 0. The molecule has 1 unspecified atom stereocenters. The average Bonchev–Trinajstić information content (AvgIpc) is 2.48. The van der Waals surface area contributed by atoms with Crippen LogP contribution in [0.1, 0.15) is 20.8 Å². The van der Waals surface area contributed by atoms with Gasteiger partial charge in [0.25, 0.3) is 0 Å². The zero-order valence-electron chi connectivity index (χ0n) is 13.7. The highest BCUT2D eigenvalue weighted by molar-refractivity contribution is 6.68. The van der Waals surface area contributed by atoms with Crippen molar-refractivity contribution in [2.75, 3.05) is 0 Å². The van der Waals surface area contributed by atoms with E-state index >= 15 is 0 Å². The summed E-state index contributed by atoms with van der Waals surface area (Å²) in [6.45, 7) is 5.57. The van der Waals surface area contributed by atoms with Crippen LogP contribution in [-0.2, 0) is 0 Å². The fourth-order valence-corrected chi connectivity index (χ4v) is 3.20. The fourth-order valence-electron chi connectivity index (χ4n) is 2.18. The largest absolute Gasteiger partial charge is 0.202 e. The van der Waals surface area contributed by atoms with Crippen LogP contribution < -0.4 is 0 Å². The first kappa shape index (κ1) is 21.3. The highest BCUT2D eigenvalue weighted by Crippen LogP contribution is 2.51. The molecule has 0 aromatic carbocycles. The van der Waals surface area contributed by atoms with E-state index < -0.39 is 18.4 Å². The van der Waals surface area contributed by atoms with Crippen molar-refractivity contribution in [1.82, 2.24) is 0 Å². The van der Waals surface area contributed by atoms with Gasteiger partial charge in [-0.05, 0) is 45.1 Å². The van der Waals surface area contributed by atoms with Crippen molar-refractivity contribution in [2.45, 2.75) is 28.4 Å². The van der Waals surface area contributed by atoms with Crippen molar-refractivity contribution in [1.29, 1.82) is 0 Å². The molecule has 0 amide bonds. The van der Waals surface area contributed by atoms with Crippen LogP contribution in [0.5, 0.6) is 0 Å². The quantitative estimate of drug-likeness (QED) is 0.292. The molecule has 0 saturated heterocycles. The molecular weight excluding hydrogens is 445 g/mol. The Bertz CT molecular complexity index is 715. The number of halogens is 6. The zero-order valence-corrected chi connectivity index (χ0v) is 18.2. The Labute approximate surface area is 177 Å². The van der Waals surface area contributed by atoms with E-state index in [-0.39, 0.29) is 0 Å². The van der Waals surface area contributed by atoms with Gasteiger partial charge in [-0.1, -0.05) is 93.4 Å². The van der Waals surface area contributed by atoms with Crippen LogP contribution >= 0.6 is 69.6 Å². The highest BCUT2D eigenvalue weighted by Gasteiger charge is 2.45. The number of alkyl halides is 6. The van der Waals surface area contributed by atoms with Gasteiger partial charge in [-0.25, -0.2) is 0 Å². The normalized spacial score (nSPS) is 31.5.